The van der Waals surface area contributed by atoms with Crippen molar-refractivity contribution in [3.05, 3.63) is 78.1 Å². The Morgan fingerprint density at radius 3 is 2.68 bits per heavy atom. The first kappa shape index (κ1) is 17.2. The Labute approximate surface area is 149 Å². The van der Waals surface area contributed by atoms with E-state index in [4.69, 9.17) is 0 Å². The van der Waals surface area contributed by atoms with Crippen LogP contribution in [0.25, 0.3) is 5.69 Å². The Bertz CT molecular complexity index is 821. The molecule has 128 valence electrons. The van der Waals surface area contributed by atoms with E-state index in [0.717, 1.165) is 11.4 Å². The number of benzene rings is 2. The molecule has 0 atom stereocenters. The zero-order valence-corrected chi connectivity index (χ0v) is 14.2. The van der Waals surface area contributed by atoms with Crippen molar-refractivity contribution in [2.45, 2.75) is 5.75 Å². The van der Waals surface area contributed by atoms with Crippen molar-refractivity contribution >= 4 is 17.7 Å². The molecule has 0 unspecified atom stereocenters. The fourth-order valence-electron chi connectivity index (χ4n) is 2.24. The van der Waals surface area contributed by atoms with E-state index in [1.807, 2.05) is 18.2 Å². The largest absolute Gasteiger partial charge is 0.351 e. The molecule has 1 aromatic heterocycles. The predicted octanol–water partition coefficient (Wildman–Crippen LogP) is 3.07. The minimum atomic E-state index is -0.188. The van der Waals surface area contributed by atoms with E-state index in [1.54, 1.807) is 47.0 Å². The molecule has 0 fully saturated rings. The van der Waals surface area contributed by atoms with E-state index in [2.05, 4.69) is 15.4 Å². The van der Waals surface area contributed by atoms with E-state index < -0.39 is 0 Å². The van der Waals surface area contributed by atoms with Crippen LogP contribution in [0.3, 0.4) is 0 Å². The number of hydrogen-bond donors (Lipinski definition) is 1. The first-order valence-corrected chi connectivity index (χ1v) is 8.94. The molecular weight excluding hydrogens is 339 g/mol. The topological polar surface area (TPSA) is 59.8 Å². The molecule has 0 aliphatic carbocycles. The number of nitrogens with one attached hydrogen (secondary N) is 1. The molecule has 1 heterocycles. The standard InChI is InChI=1S/C18H17FN4OS/c19-17-4-2-1-3-15(17)11-25-10-9-21-18(24)14-5-7-16(8-6-14)23-13-20-12-22-23/h1-8,12-13H,9-11H2,(H,21,24). The Morgan fingerprint density at radius 1 is 1.16 bits per heavy atom. The fourth-order valence-corrected chi connectivity index (χ4v) is 3.09. The van der Waals surface area contributed by atoms with Gasteiger partial charge in [0.05, 0.1) is 5.69 Å². The Balaban J connectivity index is 1.43. The van der Waals surface area contributed by atoms with Crippen LogP contribution in [0.5, 0.6) is 0 Å². The van der Waals surface area contributed by atoms with Crippen LogP contribution in [0.4, 0.5) is 4.39 Å². The third-order valence-corrected chi connectivity index (χ3v) is 4.57. The maximum absolute atomic E-state index is 13.5. The summed E-state index contributed by atoms with van der Waals surface area (Å²) in [6.07, 6.45) is 3.06. The fraction of sp³-hybridized carbons (Fsp3) is 0.167. The van der Waals surface area contributed by atoms with Crippen molar-refractivity contribution in [2.75, 3.05) is 12.3 Å². The molecule has 0 radical (unpaired) electrons. The normalized spacial score (nSPS) is 10.6. The van der Waals surface area contributed by atoms with Gasteiger partial charge in [0.25, 0.3) is 5.91 Å². The molecule has 0 aliphatic rings. The second-order valence-electron chi connectivity index (χ2n) is 5.29. The summed E-state index contributed by atoms with van der Waals surface area (Å²) in [4.78, 5) is 16.0. The molecule has 1 N–H and O–H groups in total. The van der Waals surface area contributed by atoms with Gasteiger partial charge in [0.15, 0.2) is 0 Å². The molecule has 5 nitrogen and oxygen atoms in total. The van der Waals surface area contributed by atoms with Crippen molar-refractivity contribution in [3.63, 3.8) is 0 Å². The lowest BCUT2D eigenvalue weighted by Crippen LogP contribution is -2.25. The lowest BCUT2D eigenvalue weighted by atomic mass is 10.2. The van der Waals surface area contributed by atoms with Crippen LogP contribution >= 0.6 is 11.8 Å². The molecule has 0 saturated carbocycles. The molecule has 7 heteroatoms. The number of halogens is 1. The minimum Gasteiger partial charge on any atom is -0.351 e. The zero-order valence-electron chi connectivity index (χ0n) is 13.4. The Kier molecular flexibility index (Phi) is 5.79. The van der Waals surface area contributed by atoms with Gasteiger partial charge in [0.2, 0.25) is 0 Å². The van der Waals surface area contributed by atoms with Gasteiger partial charge in [-0.15, -0.1) is 0 Å². The molecule has 0 saturated heterocycles. The van der Waals surface area contributed by atoms with E-state index in [9.17, 15) is 9.18 Å². The van der Waals surface area contributed by atoms with Crippen LogP contribution in [-0.4, -0.2) is 33.0 Å². The van der Waals surface area contributed by atoms with Crippen LogP contribution in [0, 0.1) is 5.82 Å². The summed E-state index contributed by atoms with van der Waals surface area (Å²) in [7, 11) is 0. The molecule has 1 amide bonds. The Hall–Kier alpha value is -2.67. The summed E-state index contributed by atoms with van der Waals surface area (Å²) in [6.45, 7) is 0.531. The van der Waals surface area contributed by atoms with E-state index in [-0.39, 0.29) is 11.7 Å². The maximum atomic E-state index is 13.5. The van der Waals surface area contributed by atoms with Gasteiger partial charge in [-0.2, -0.15) is 16.9 Å². The minimum absolute atomic E-state index is 0.128. The zero-order chi connectivity index (χ0) is 17.5. The first-order valence-electron chi connectivity index (χ1n) is 7.78. The molecule has 0 bridgehead atoms. The number of hydrogen-bond acceptors (Lipinski definition) is 4. The van der Waals surface area contributed by atoms with Crippen LogP contribution in [0.2, 0.25) is 0 Å². The Morgan fingerprint density at radius 2 is 1.96 bits per heavy atom. The first-order chi connectivity index (χ1) is 12.2. The second kappa shape index (κ2) is 8.43. The summed E-state index contributed by atoms with van der Waals surface area (Å²) in [6, 6.07) is 13.9. The highest BCUT2D eigenvalue weighted by Gasteiger charge is 2.06. The SMILES string of the molecule is O=C(NCCSCc1ccccc1F)c1ccc(-n2cncn2)cc1. The average Bonchev–Trinajstić information content (AvgIpc) is 3.17. The molecule has 25 heavy (non-hydrogen) atoms. The number of carbonyl (C=O) groups is 1. The van der Waals surface area contributed by atoms with Crippen molar-refractivity contribution in [1.29, 1.82) is 0 Å². The molecule has 3 aromatic rings. The van der Waals surface area contributed by atoms with Crippen LogP contribution < -0.4 is 5.32 Å². The molecule has 3 rings (SSSR count). The second-order valence-corrected chi connectivity index (χ2v) is 6.39. The van der Waals surface area contributed by atoms with E-state index in [1.165, 1.54) is 12.4 Å². The van der Waals surface area contributed by atoms with Crippen molar-refractivity contribution in [2.24, 2.45) is 0 Å². The lowest BCUT2D eigenvalue weighted by molar-refractivity contribution is 0.0956. The van der Waals surface area contributed by atoms with E-state index in [0.29, 0.717) is 23.4 Å². The summed E-state index contributed by atoms with van der Waals surface area (Å²) in [5.74, 6) is 0.995. The van der Waals surface area contributed by atoms with Crippen molar-refractivity contribution in [1.82, 2.24) is 20.1 Å². The summed E-state index contributed by atoms with van der Waals surface area (Å²) < 4.78 is 15.1. The lowest BCUT2D eigenvalue weighted by Gasteiger charge is -2.07. The maximum Gasteiger partial charge on any atom is 0.251 e. The highest BCUT2D eigenvalue weighted by molar-refractivity contribution is 7.98. The van der Waals surface area contributed by atoms with E-state index >= 15 is 0 Å². The molecular formula is C18H17FN4OS. The van der Waals surface area contributed by atoms with Gasteiger partial charge < -0.3 is 5.32 Å². The van der Waals surface area contributed by atoms with Gasteiger partial charge in [-0.3, -0.25) is 4.79 Å². The van der Waals surface area contributed by atoms with Gasteiger partial charge in [0.1, 0.15) is 18.5 Å². The van der Waals surface area contributed by atoms with Crippen LogP contribution in [0.15, 0.2) is 61.2 Å². The number of thioether (sulfide) groups is 1. The highest BCUT2D eigenvalue weighted by atomic mass is 32.2. The highest BCUT2D eigenvalue weighted by Crippen LogP contribution is 2.14. The average molecular weight is 356 g/mol. The molecule has 2 aromatic carbocycles. The monoisotopic (exact) mass is 356 g/mol. The number of aromatic nitrogens is 3. The number of carbonyl (C=O) groups excluding carboxylic acids is 1. The quantitative estimate of drug-likeness (QED) is 0.661. The molecule has 0 spiro atoms. The summed E-state index contributed by atoms with van der Waals surface area (Å²) in [5, 5.41) is 6.90. The predicted molar refractivity (Wildman–Crippen MR) is 96.3 cm³/mol. The third-order valence-electron chi connectivity index (χ3n) is 3.56. The third kappa shape index (κ3) is 4.67. The van der Waals surface area contributed by atoms with Gasteiger partial charge >= 0.3 is 0 Å². The van der Waals surface area contributed by atoms with Crippen molar-refractivity contribution in [3.8, 4) is 5.69 Å². The number of rotatable bonds is 7. The number of nitrogens with zero attached hydrogens (tertiary/aromatic N) is 3. The summed E-state index contributed by atoms with van der Waals surface area (Å²) in [5.41, 5.74) is 2.11. The summed E-state index contributed by atoms with van der Waals surface area (Å²) >= 11 is 1.59. The van der Waals surface area contributed by atoms with Crippen LogP contribution in [0.1, 0.15) is 15.9 Å². The number of amides is 1. The van der Waals surface area contributed by atoms with Crippen LogP contribution in [-0.2, 0) is 5.75 Å². The van der Waals surface area contributed by atoms with Gasteiger partial charge in [-0.1, -0.05) is 18.2 Å². The van der Waals surface area contributed by atoms with Crippen molar-refractivity contribution < 1.29 is 9.18 Å². The molecule has 0 aliphatic heterocycles. The smallest absolute Gasteiger partial charge is 0.251 e. The van der Waals surface area contributed by atoms with Gasteiger partial charge in [-0.05, 0) is 35.9 Å². The van der Waals surface area contributed by atoms with Gasteiger partial charge in [-0.25, -0.2) is 14.1 Å². The van der Waals surface area contributed by atoms with Gasteiger partial charge in [0, 0.05) is 23.6 Å².